The van der Waals surface area contributed by atoms with Gasteiger partial charge in [-0.3, -0.25) is 4.79 Å². The van der Waals surface area contributed by atoms with E-state index in [9.17, 15) is 14.7 Å². The van der Waals surface area contributed by atoms with E-state index in [-0.39, 0.29) is 23.9 Å². The van der Waals surface area contributed by atoms with Crippen LogP contribution in [0.1, 0.15) is 35.7 Å². The summed E-state index contributed by atoms with van der Waals surface area (Å²) in [5, 5.41) is 13.5. The van der Waals surface area contributed by atoms with Crippen LogP contribution in [-0.2, 0) is 18.9 Å². The summed E-state index contributed by atoms with van der Waals surface area (Å²) >= 11 is 0. The lowest BCUT2D eigenvalue weighted by Crippen LogP contribution is -2.64. The van der Waals surface area contributed by atoms with Gasteiger partial charge in [0.25, 0.3) is 5.91 Å². The van der Waals surface area contributed by atoms with E-state index in [0.29, 0.717) is 11.3 Å². The monoisotopic (exact) mass is 391 g/mol. The Bertz CT molecular complexity index is 928. The number of aromatic hydroxyl groups is 1. The summed E-state index contributed by atoms with van der Waals surface area (Å²) in [5.41, 5.74) is 0.569. The quantitative estimate of drug-likeness (QED) is 0.617. The number of carbonyl (C=O) groups excluding carboxylic acids is 2. The molecule has 1 aromatic carbocycles. The second-order valence-electron chi connectivity index (χ2n) is 7.93. The number of benzene rings is 1. The molecule has 2 saturated heterocycles. The third-order valence-electron chi connectivity index (χ3n) is 5.92. The molecule has 148 valence electrons. The number of nitrogens with one attached hydrogen (secondary N) is 1. The van der Waals surface area contributed by atoms with E-state index in [2.05, 4.69) is 5.32 Å². The van der Waals surface area contributed by atoms with E-state index in [1.165, 1.54) is 0 Å². The predicted molar refractivity (Wildman–Crippen MR) is 87.2 cm³/mol. The summed E-state index contributed by atoms with van der Waals surface area (Å²) in [6, 6.07) is 1.11. The van der Waals surface area contributed by atoms with Crippen molar-refractivity contribution in [2.45, 2.75) is 56.0 Å². The lowest BCUT2D eigenvalue weighted by Gasteiger charge is -2.45. The summed E-state index contributed by atoms with van der Waals surface area (Å²) in [6.45, 7) is 3.46. The van der Waals surface area contributed by atoms with Gasteiger partial charge in [-0.15, -0.1) is 0 Å². The van der Waals surface area contributed by atoms with E-state index in [1.807, 2.05) is 0 Å². The van der Waals surface area contributed by atoms with Gasteiger partial charge in [0, 0.05) is 5.92 Å². The van der Waals surface area contributed by atoms with Crippen LogP contribution in [0.25, 0.3) is 0 Å². The number of amides is 1. The van der Waals surface area contributed by atoms with Crippen LogP contribution in [0.4, 0.5) is 4.79 Å². The van der Waals surface area contributed by atoms with E-state index >= 15 is 0 Å². The highest BCUT2D eigenvalue weighted by Gasteiger charge is 2.65. The number of ether oxygens (including phenoxy) is 6. The maximum atomic E-state index is 12.9. The smallest absolute Gasteiger partial charge is 0.504 e. The Morgan fingerprint density at radius 1 is 1.07 bits per heavy atom. The van der Waals surface area contributed by atoms with Crippen LogP contribution in [0.3, 0.4) is 0 Å². The molecule has 10 nitrogen and oxygen atoms in total. The van der Waals surface area contributed by atoms with Gasteiger partial charge in [0.15, 0.2) is 29.5 Å². The second kappa shape index (κ2) is 5.00. The number of rotatable bonds is 0. The van der Waals surface area contributed by atoms with E-state index in [0.717, 1.165) is 0 Å². The van der Waals surface area contributed by atoms with Crippen molar-refractivity contribution in [3.8, 4) is 17.2 Å². The first-order chi connectivity index (χ1) is 13.3. The Morgan fingerprint density at radius 2 is 1.82 bits per heavy atom. The highest BCUT2D eigenvalue weighted by molar-refractivity contribution is 6.01. The van der Waals surface area contributed by atoms with Crippen molar-refractivity contribution < 1.29 is 43.1 Å². The number of hydrogen-bond acceptors (Lipinski definition) is 9. The third-order valence-corrected chi connectivity index (χ3v) is 5.92. The van der Waals surface area contributed by atoms with E-state index in [1.54, 1.807) is 19.9 Å². The fourth-order valence-electron chi connectivity index (χ4n) is 4.99. The molecule has 0 radical (unpaired) electrons. The van der Waals surface area contributed by atoms with Crippen LogP contribution in [-0.4, -0.2) is 60.2 Å². The van der Waals surface area contributed by atoms with E-state index < -0.39 is 54.2 Å². The Balaban J connectivity index is 1.54. The molecule has 1 unspecified atom stereocenters. The van der Waals surface area contributed by atoms with Gasteiger partial charge < -0.3 is 38.8 Å². The van der Waals surface area contributed by atoms with Crippen molar-refractivity contribution in [2.24, 2.45) is 0 Å². The molecule has 2 N–H and O–H groups in total. The molecular weight excluding hydrogens is 374 g/mol. The Labute approximate surface area is 158 Å². The minimum atomic E-state index is -0.911. The molecule has 1 aromatic rings. The summed E-state index contributed by atoms with van der Waals surface area (Å²) in [4.78, 5) is 24.8. The molecule has 0 bridgehead atoms. The first kappa shape index (κ1) is 16.3. The summed E-state index contributed by atoms with van der Waals surface area (Å²) in [5.74, 6) is -1.73. The largest absolute Gasteiger partial charge is 0.509 e. The molecule has 1 amide bonds. The fourth-order valence-corrected chi connectivity index (χ4v) is 4.99. The molecule has 4 aliphatic heterocycles. The average molecular weight is 391 g/mol. The molecule has 0 aromatic heterocycles. The molecule has 5 aliphatic rings. The van der Waals surface area contributed by atoms with Crippen molar-refractivity contribution in [3.63, 3.8) is 0 Å². The van der Waals surface area contributed by atoms with Gasteiger partial charge in [0.05, 0.1) is 11.6 Å². The topological polar surface area (TPSA) is 122 Å². The highest BCUT2D eigenvalue weighted by atomic mass is 16.8. The Kier molecular flexibility index (Phi) is 2.90. The summed E-state index contributed by atoms with van der Waals surface area (Å²) in [6.07, 6.45) is -3.35. The molecular formula is C18H17NO9. The van der Waals surface area contributed by atoms with Crippen molar-refractivity contribution in [1.29, 1.82) is 0 Å². The van der Waals surface area contributed by atoms with Gasteiger partial charge in [-0.05, 0) is 25.5 Å². The van der Waals surface area contributed by atoms with Crippen molar-refractivity contribution in [1.82, 2.24) is 5.32 Å². The number of carbonyl (C=O) groups is 2. The van der Waals surface area contributed by atoms with Gasteiger partial charge in [-0.1, -0.05) is 0 Å². The third kappa shape index (κ3) is 1.93. The van der Waals surface area contributed by atoms with Gasteiger partial charge in [0.2, 0.25) is 12.5 Å². The lowest BCUT2D eigenvalue weighted by atomic mass is 9.70. The number of phenolic OH excluding ortho intramolecular Hbond substituents is 1. The first-order valence-corrected chi connectivity index (χ1v) is 9.03. The van der Waals surface area contributed by atoms with Crippen LogP contribution in [0.2, 0.25) is 0 Å². The number of hydrogen-bond donors (Lipinski definition) is 2. The number of fused-ring (bicyclic) bond motifs is 9. The minimum Gasteiger partial charge on any atom is -0.504 e. The molecule has 0 spiro atoms. The van der Waals surface area contributed by atoms with Crippen LogP contribution in [0, 0.1) is 0 Å². The zero-order valence-corrected chi connectivity index (χ0v) is 15.0. The molecule has 1 saturated carbocycles. The van der Waals surface area contributed by atoms with Crippen LogP contribution in [0.15, 0.2) is 6.07 Å². The van der Waals surface area contributed by atoms with Gasteiger partial charge >= 0.3 is 6.16 Å². The van der Waals surface area contributed by atoms with Crippen molar-refractivity contribution in [3.05, 3.63) is 17.2 Å². The minimum absolute atomic E-state index is 0.0541. The van der Waals surface area contributed by atoms with Crippen LogP contribution in [0.5, 0.6) is 17.2 Å². The molecule has 6 atom stereocenters. The van der Waals surface area contributed by atoms with Crippen molar-refractivity contribution in [2.75, 3.05) is 6.79 Å². The standard InChI is InChI=1S/C18H17NO9/c1-18(2)27-13-9-7(12-14(15(13)28-18)26-17(22)25-12)5-3-6-11(24-4-23-6)10(20)8(5)16(21)19-9/h3,7,9,12-15,20H,4H2,1-2H3,(H,19,21)/t7?,9-,12+,13+,14+,15+/m1/s1. The van der Waals surface area contributed by atoms with Crippen LogP contribution < -0.4 is 14.8 Å². The molecule has 28 heavy (non-hydrogen) atoms. The lowest BCUT2D eigenvalue weighted by molar-refractivity contribution is -0.153. The molecule has 4 heterocycles. The average Bonchev–Trinajstić information content (AvgIpc) is 3.30. The normalized spacial score (nSPS) is 38.5. The molecule has 1 aliphatic carbocycles. The second-order valence-corrected chi connectivity index (χ2v) is 7.93. The highest BCUT2D eigenvalue weighted by Crippen LogP contribution is 2.53. The van der Waals surface area contributed by atoms with Gasteiger partial charge in [0.1, 0.15) is 12.2 Å². The summed E-state index contributed by atoms with van der Waals surface area (Å²) < 4.78 is 33.5. The zero-order chi connectivity index (χ0) is 19.4. The molecule has 6 rings (SSSR count). The number of phenols is 1. The Hall–Kier alpha value is -2.72. The SMILES string of the molecule is CC1(C)O[C@H]2[C@@H](O1)[C@@H]1NC(=O)c3c(cc4c(c3O)OCO4)C1[C@@H]1OC(=O)O[C@H]21. The fraction of sp³-hybridized carbons (Fsp3) is 0.556. The maximum Gasteiger partial charge on any atom is 0.509 e. The van der Waals surface area contributed by atoms with Crippen molar-refractivity contribution >= 4 is 12.1 Å². The van der Waals surface area contributed by atoms with Gasteiger partial charge in [-0.25, -0.2) is 4.79 Å². The van der Waals surface area contributed by atoms with Gasteiger partial charge in [-0.2, -0.15) is 0 Å². The van der Waals surface area contributed by atoms with Crippen LogP contribution >= 0.6 is 0 Å². The first-order valence-electron chi connectivity index (χ1n) is 9.03. The Morgan fingerprint density at radius 3 is 2.64 bits per heavy atom. The molecule has 3 fully saturated rings. The molecule has 10 heteroatoms. The zero-order valence-electron chi connectivity index (χ0n) is 15.0. The maximum absolute atomic E-state index is 12.9. The summed E-state index contributed by atoms with van der Waals surface area (Å²) in [7, 11) is 0. The van der Waals surface area contributed by atoms with E-state index in [4.69, 9.17) is 28.4 Å². The predicted octanol–water partition coefficient (Wildman–Crippen LogP) is 0.754.